The Labute approximate surface area is 161 Å². The van der Waals surface area contributed by atoms with Crippen molar-refractivity contribution >= 4 is 26.9 Å². The zero-order valence-electron chi connectivity index (χ0n) is 15.2. The van der Waals surface area contributed by atoms with Gasteiger partial charge in [-0.15, -0.1) is 5.10 Å². The van der Waals surface area contributed by atoms with E-state index in [1.165, 1.54) is 19.1 Å². The van der Waals surface area contributed by atoms with Crippen LogP contribution >= 0.6 is 0 Å². The molecule has 0 spiro atoms. The van der Waals surface area contributed by atoms with E-state index in [4.69, 9.17) is 4.74 Å². The average Bonchev–Trinajstić information content (AvgIpc) is 2.67. The Hall–Kier alpha value is -3.11. The van der Waals surface area contributed by atoms with Gasteiger partial charge in [0.1, 0.15) is 11.6 Å². The summed E-state index contributed by atoms with van der Waals surface area (Å²) in [5.74, 6) is -0.849. The summed E-state index contributed by atoms with van der Waals surface area (Å²) >= 11 is 0. The summed E-state index contributed by atoms with van der Waals surface area (Å²) in [6, 6.07) is 11.7. The second-order valence-corrected chi connectivity index (χ2v) is 7.87. The molecule has 0 aliphatic heterocycles. The van der Waals surface area contributed by atoms with Gasteiger partial charge >= 0.3 is 5.97 Å². The van der Waals surface area contributed by atoms with Crippen LogP contribution in [0.3, 0.4) is 0 Å². The minimum atomic E-state index is -3.89. The molecule has 3 rings (SSSR count). The number of aromatic nitrogens is 3. The lowest BCUT2D eigenvalue weighted by Gasteiger charge is -2.14. The summed E-state index contributed by atoms with van der Waals surface area (Å²) in [6.45, 7) is 2.70. The first kappa shape index (κ1) is 19.6. The molecule has 0 fully saturated rings. The number of hydrogen-bond donors (Lipinski definition) is 1. The van der Waals surface area contributed by atoms with Gasteiger partial charge in [0, 0.05) is 0 Å². The largest absolute Gasteiger partial charge is 0.441 e. The van der Waals surface area contributed by atoms with Gasteiger partial charge in [0.05, 0.1) is 10.3 Å². The first-order valence-corrected chi connectivity index (χ1v) is 9.84. The molecule has 0 bridgehead atoms. The summed E-state index contributed by atoms with van der Waals surface area (Å²) in [4.78, 5) is 24.5. The van der Waals surface area contributed by atoms with Crippen molar-refractivity contribution in [2.45, 2.75) is 31.5 Å². The van der Waals surface area contributed by atoms with Gasteiger partial charge in [-0.25, -0.2) is 8.42 Å². The van der Waals surface area contributed by atoms with Gasteiger partial charge in [-0.05, 0) is 38.1 Å². The predicted molar refractivity (Wildman–Crippen MR) is 101 cm³/mol. The highest BCUT2D eigenvalue weighted by atomic mass is 32.2. The van der Waals surface area contributed by atoms with E-state index in [0.29, 0.717) is 10.9 Å². The number of nitrogens with zero attached hydrogens (tertiary/aromatic N) is 3. The molecule has 0 saturated carbocycles. The number of carbonyl (C=O) groups is 1. The maximum Gasteiger partial charge on any atom is 0.325 e. The molecular weight excluding hydrogens is 384 g/mol. The highest BCUT2D eigenvalue weighted by molar-refractivity contribution is 7.89. The van der Waals surface area contributed by atoms with Crippen LogP contribution in [0.25, 0.3) is 10.9 Å². The second kappa shape index (κ2) is 7.87. The fourth-order valence-electron chi connectivity index (χ4n) is 2.42. The van der Waals surface area contributed by atoms with Crippen LogP contribution < -0.4 is 10.3 Å². The molecule has 0 saturated heterocycles. The number of benzene rings is 2. The molecule has 10 heteroatoms. The summed E-state index contributed by atoms with van der Waals surface area (Å²) in [5, 5.41) is 7.92. The quantitative estimate of drug-likeness (QED) is 0.610. The summed E-state index contributed by atoms with van der Waals surface area (Å²) in [6.07, 6.45) is 0. The van der Waals surface area contributed by atoms with Gasteiger partial charge in [0.15, 0.2) is 6.73 Å². The standard InChI is InChI=1S/C18H18N4O5S/c1-12-7-9-14(10-8-12)28(25,26)20-13(2)18(24)27-11-22-17(23)15-5-3-4-6-16(15)19-21-22/h3-10,13,20H,11H2,1-2H3/t13-/m0/s1. The van der Waals surface area contributed by atoms with E-state index in [9.17, 15) is 18.0 Å². The molecular formula is C18H18N4O5S. The SMILES string of the molecule is Cc1ccc(S(=O)(=O)N[C@@H](C)C(=O)OCn2nnc3ccccc3c2=O)cc1. The second-order valence-electron chi connectivity index (χ2n) is 6.16. The number of aryl methyl sites for hydroxylation is 1. The van der Waals surface area contributed by atoms with Crippen LogP contribution in [0.15, 0.2) is 58.2 Å². The minimum Gasteiger partial charge on any atom is -0.441 e. The van der Waals surface area contributed by atoms with Crippen LogP contribution in [-0.4, -0.2) is 35.4 Å². The maximum absolute atomic E-state index is 12.3. The monoisotopic (exact) mass is 402 g/mol. The lowest BCUT2D eigenvalue weighted by Crippen LogP contribution is -2.40. The van der Waals surface area contributed by atoms with Crippen LogP contribution in [0.1, 0.15) is 12.5 Å². The normalized spacial score (nSPS) is 12.6. The topological polar surface area (TPSA) is 120 Å². The van der Waals surface area contributed by atoms with Crippen LogP contribution in [0, 0.1) is 6.92 Å². The number of fused-ring (bicyclic) bond motifs is 1. The summed E-state index contributed by atoms with van der Waals surface area (Å²) < 4.78 is 32.8. The number of hydrogen-bond acceptors (Lipinski definition) is 7. The van der Waals surface area contributed by atoms with Crippen LogP contribution in [0.5, 0.6) is 0 Å². The third kappa shape index (κ3) is 4.24. The minimum absolute atomic E-state index is 0.0364. The molecule has 3 aromatic rings. The number of nitrogens with one attached hydrogen (secondary N) is 1. The van der Waals surface area contributed by atoms with E-state index in [2.05, 4.69) is 15.0 Å². The maximum atomic E-state index is 12.3. The Morgan fingerprint density at radius 3 is 2.57 bits per heavy atom. The van der Waals surface area contributed by atoms with Crippen LogP contribution in [-0.2, 0) is 26.3 Å². The highest BCUT2D eigenvalue weighted by Gasteiger charge is 2.23. The Morgan fingerprint density at radius 1 is 1.18 bits per heavy atom. The molecule has 9 nitrogen and oxygen atoms in total. The van der Waals surface area contributed by atoms with Crippen molar-refractivity contribution in [2.75, 3.05) is 0 Å². The van der Waals surface area contributed by atoms with E-state index in [-0.39, 0.29) is 4.90 Å². The molecule has 1 atom stereocenters. The average molecular weight is 402 g/mol. The lowest BCUT2D eigenvalue weighted by atomic mass is 10.2. The van der Waals surface area contributed by atoms with E-state index in [0.717, 1.165) is 10.2 Å². The van der Waals surface area contributed by atoms with Crippen molar-refractivity contribution in [2.24, 2.45) is 0 Å². The number of rotatable bonds is 6. The zero-order chi connectivity index (χ0) is 20.3. The van der Waals surface area contributed by atoms with E-state index in [1.807, 2.05) is 6.92 Å². The van der Waals surface area contributed by atoms with Gasteiger partial charge in [0.2, 0.25) is 10.0 Å². The number of sulfonamides is 1. The molecule has 0 aliphatic carbocycles. The third-order valence-electron chi connectivity index (χ3n) is 3.98. The fraction of sp³-hybridized carbons (Fsp3) is 0.222. The molecule has 0 radical (unpaired) electrons. The molecule has 1 heterocycles. The van der Waals surface area contributed by atoms with Crippen molar-refractivity contribution in [3.8, 4) is 0 Å². The van der Waals surface area contributed by atoms with Crippen molar-refractivity contribution in [1.82, 2.24) is 19.7 Å². The summed E-state index contributed by atoms with van der Waals surface area (Å²) in [5.41, 5.74) is 0.869. The first-order valence-electron chi connectivity index (χ1n) is 8.36. The first-order chi connectivity index (χ1) is 13.3. The van der Waals surface area contributed by atoms with Gasteiger partial charge in [-0.2, -0.15) is 9.40 Å². The molecule has 2 aromatic carbocycles. The van der Waals surface area contributed by atoms with Gasteiger partial charge in [0.25, 0.3) is 5.56 Å². The molecule has 0 amide bonds. The Morgan fingerprint density at radius 2 is 1.86 bits per heavy atom. The molecule has 146 valence electrons. The molecule has 0 unspecified atom stereocenters. The van der Waals surface area contributed by atoms with Gasteiger partial charge in [-0.3, -0.25) is 9.59 Å². The lowest BCUT2D eigenvalue weighted by molar-refractivity contribution is -0.149. The summed E-state index contributed by atoms with van der Waals surface area (Å²) in [7, 11) is -3.89. The molecule has 28 heavy (non-hydrogen) atoms. The van der Waals surface area contributed by atoms with Crippen molar-refractivity contribution in [1.29, 1.82) is 0 Å². The highest BCUT2D eigenvalue weighted by Crippen LogP contribution is 2.11. The fourth-order valence-corrected chi connectivity index (χ4v) is 3.62. The van der Waals surface area contributed by atoms with E-state index < -0.39 is 34.3 Å². The van der Waals surface area contributed by atoms with Crippen molar-refractivity contribution < 1.29 is 17.9 Å². The zero-order valence-corrected chi connectivity index (χ0v) is 16.0. The predicted octanol–water partition coefficient (Wildman–Crippen LogP) is 0.968. The number of ether oxygens (including phenoxy) is 1. The van der Waals surface area contributed by atoms with Crippen LogP contribution in [0.4, 0.5) is 0 Å². The Balaban J connectivity index is 1.67. The molecule has 1 N–H and O–H groups in total. The van der Waals surface area contributed by atoms with Crippen LogP contribution in [0.2, 0.25) is 0 Å². The molecule has 0 aliphatic rings. The molecule has 1 aromatic heterocycles. The Bertz CT molecular complexity index is 1170. The van der Waals surface area contributed by atoms with Crippen molar-refractivity contribution in [3.63, 3.8) is 0 Å². The van der Waals surface area contributed by atoms with Crippen molar-refractivity contribution in [3.05, 3.63) is 64.4 Å². The van der Waals surface area contributed by atoms with Gasteiger partial charge in [-0.1, -0.05) is 35.0 Å². The van der Waals surface area contributed by atoms with E-state index in [1.54, 1.807) is 36.4 Å². The Kier molecular flexibility index (Phi) is 5.52. The number of carbonyl (C=O) groups excluding carboxylic acids is 1. The number of esters is 1. The smallest absolute Gasteiger partial charge is 0.325 e. The van der Waals surface area contributed by atoms with Gasteiger partial charge < -0.3 is 4.74 Å². The van der Waals surface area contributed by atoms with E-state index >= 15 is 0 Å². The third-order valence-corrected chi connectivity index (χ3v) is 5.53.